The summed E-state index contributed by atoms with van der Waals surface area (Å²) in [5.74, 6) is 1.40. The van der Waals surface area contributed by atoms with Crippen molar-refractivity contribution in [2.24, 2.45) is 0 Å². The Kier molecular flexibility index (Phi) is 5.19. The summed E-state index contributed by atoms with van der Waals surface area (Å²) in [6.07, 6.45) is 7.35. The second kappa shape index (κ2) is 7.91. The number of aromatic nitrogens is 4. The first-order valence-corrected chi connectivity index (χ1v) is 9.22. The Balaban J connectivity index is 1.41. The van der Waals surface area contributed by atoms with Gasteiger partial charge < -0.3 is 23.8 Å². The van der Waals surface area contributed by atoms with Gasteiger partial charge in [0, 0.05) is 31.9 Å². The first-order valence-electron chi connectivity index (χ1n) is 9.22. The van der Waals surface area contributed by atoms with Gasteiger partial charge in [-0.1, -0.05) is 0 Å². The quantitative estimate of drug-likeness (QED) is 0.744. The van der Waals surface area contributed by atoms with E-state index in [1.807, 2.05) is 23.5 Å². The summed E-state index contributed by atoms with van der Waals surface area (Å²) in [7, 11) is 1.59. The molecule has 1 amide bonds. The molecule has 1 saturated heterocycles. The molecular formula is C18H24N6O3. The van der Waals surface area contributed by atoms with E-state index in [-0.39, 0.29) is 18.6 Å². The third-order valence-corrected chi connectivity index (χ3v) is 5.08. The lowest BCUT2D eigenvalue weighted by molar-refractivity contribution is -0.135. The van der Waals surface area contributed by atoms with Crippen LogP contribution in [0.2, 0.25) is 0 Å². The Morgan fingerprint density at radius 1 is 1.30 bits per heavy atom. The molecule has 0 aromatic carbocycles. The molecule has 0 radical (unpaired) electrons. The maximum Gasteiger partial charge on any atom is 0.248 e. The molecule has 2 aliphatic rings. The molecular weight excluding hydrogens is 348 g/mol. The summed E-state index contributed by atoms with van der Waals surface area (Å²) in [5.41, 5.74) is 1.08. The van der Waals surface area contributed by atoms with Gasteiger partial charge in [0.25, 0.3) is 0 Å². The number of anilines is 1. The third kappa shape index (κ3) is 3.87. The highest BCUT2D eigenvalue weighted by Crippen LogP contribution is 2.26. The zero-order valence-electron chi connectivity index (χ0n) is 15.5. The number of carbonyl (C=O) groups excluding carboxylic acids is 1. The highest BCUT2D eigenvalue weighted by Gasteiger charge is 2.27. The Labute approximate surface area is 157 Å². The number of fused-ring (bicyclic) bond motifs is 1. The van der Waals surface area contributed by atoms with Crippen LogP contribution in [0.15, 0.2) is 24.9 Å². The van der Waals surface area contributed by atoms with Crippen LogP contribution in [-0.2, 0) is 16.1 Å². The first kappa shape index (κ1) is 17.7. The summed E-state index contributed by atoms with van der Waals surface area (Å²) in [4.78, 5) is 28.9. The topological polar surface area (TPSA) is 85.6 Å². The van der Waals surface area contributed by atoms with Gasteiger partial charge in [-0.05, 0) is 12.8 Å². The molecule has 0 saturated carbocycles. The maximum atomic E-state index is 12.2. The largest absolute Gasteiger partial charge is 0.481 e. The standard InChI is InChI=1S/C18H24N6O3/c1-26-17-6-16(20-12-21-17)23-8-14-7-19-13-24(14)15(9-23)10-27-11-18(25)22-4-2-3-5-22/h6-7,12-13,15H,2-5,8-11H2,1H3/t15-/m1/s1. The van der Waals surface area contributed by atoms with Crippen molar-refractivity contribution >= 4 is 11.7 Å². The maximum absolute atomic E-state index is 12.2. The molecule has 9 heteroatoms. The van der Waals surface area contributed by atoms with Crippen LogP contribution >= 0.6 is 0 Å². The number of hydrogen-bond acceptors (Lipinski definition) is 7. The monoisotopic (exact) mass is 372 g/mol. The van der Waals surface area contributed by atoms with Crippen molar-refractivity contribution in [1.29, 1.82) is 0 Å². The van der Waals surface area contributed by atoms with E-state index in [2.05, 4.69) is 24.4 Å². The average molecular weight is 372 g/mol. The highest BCUT2D eigenvalue weighted by atomic mass is 16.5. The molecule has 0 N–H and O–H groups in total. The van der Waals surface area contributed by atoms with E-state index in [0.29, 0.717) is 25.6 Å². The normalized spacial score (nSPS) is 19.2. The van der Waals surface area contributed by atoms with Gasteiger partial charge in [-0.2, -0.15) is 0 Å². The lowest BCUT2D eigenvalue weighted by atomic mass is 10.2. The molecule has 4 rings (SSSR count). The summed E-state index contributed by atoms with van der Waals surface area (Å²) in [5, 5.41) is 0. The SMILES string of the molecule is COc1cc(N2Cc3cncn3[C@@H](COCC(=O)N3CCCC3)C2)ncn1. The Morgan fingerprint density at radius 3 is 2.96 bits per heavy atom. The number of nitrogens with zero attached hydrogens (tertiary/aromatic N) is 6. The van der Waals surface area contributed by atoms with E-state index in [9.17, 15) is 4.79 Å². The Morgan fingerprint density at radius 2 is 2.15 bits per heavy atom. The summed E-state index contributed by atoms with van der Waals surface area (Å²) >= 11 is 0. The minimum absolute atomic E-state index is 0.0589. The van der Waals surface area contributed by atoms with Crippen LogP contribution in [0.3, 0.4) is 0 Å². The molecule has 0 bridgehead atoms. The second-order valence-electron chi connectivity index (χ2n) is 6.85. The molecule has 2 aromatic heterocycles. The number of hydrogen-bond donors (Lipinski definition) is 0. The van der Waals surface area contributed by atoms with Gasteiger partial charge in [0.2, 0.25) is 11.8 Å². The van der Waals surface area contributed by atoms with E-state index in [1.54, 1.807) is 7.11 Å². The summed E-state index contributed by atoms with van der Waals surface area (Å²) in [6, 6.07) is 1.88. The van der Waals surface area contributed by atoms with Gasteiger partial charge in [-0.25, -0.2) is 15.0 Å². The number of methoxy groups -OCH3 is 1. The van der Waals surface area contributed by atoms with Gasteiger partial charge in [0.1, 0.15) is 18.8 Å². The first-order chi connectivity index (χ1) is 13.2. The van der Waals surface area contributed by atoms with Crippen molar-refractivity contribution in [3.63, 3.8) is 0 Å². The van der Waals surface area contributed by atoms with Crippen molar-refractivity contribution in [3.8, 4) is 5.88 Å². The van der Waals surface area contributed by atoms with Crippen molar-refractivity contribution in [1.82, 2.24) is 24.4 Å². The van der Waals surface area contributed by atoms with Gasteiger partial charge in [-0.15, -0.1) is 0 Å². The highest BCUT2D eigenvalue weighted by molar-refractivity contribution is 5.77. The van der Waals surface area contributed by atoms with Crippen LogP contribution < -0.4 is 9.64 Å². The van der Waals surface area contributed by atoms with Gasteiger partial charge in [0.05, 0.1) is 38.3 Å². The van der Waals surface area contributed by atoms with Gasteiger partial charge >= 0.3 is 0 Å². The van der Waals surface area contributed by atoms with Crippen LogP contribution in [0.1, 0.15) is 24.6 Å². The van der Waals surface area contributed by atoms with Crippen LogP contribution in [0.5, 0.6) is 5.88 Å². The number of carbonyl (C=O) groups is 1. The van der Waals surface area contributed by atoms with E-state index < -0.39 is 0 Å². The fraction of sp³-hybridized carbons (Fsp3) is 0.556. The average Bonchev–Trinajstić information content (AvgIpc) is 3.39. The molecule has 1 fully saturated rings. The molecule has 4 heterocycles. The van der Waals surface area contributed by atoms with E-state index in [0.717, 1.165) is 37.4 Å². The molecule has 0 aliphatic carbocycles. The number of likely N-dealkylation sites (tertiary alicyclic amines) is 1. The van der Waals surface area contributed by atoms with Crippen LogP contribution in [-0.4, -0.2) is 70.3 Å². The molecule has 0 unspecified atom stereocenters. The zero-order chi connectivity index (χ0) is 18.6. The van der Waals surface area contributed by atoms with Crippen LogP contribution in [0.25, 0.3) is 0 Å². The van der Waals surface area contributed by atoms with Crippen molar-refractivity contribution in [2.75, 3.05) is 44.9 Å². The Bertz CT molecular complexity index is 789. The summed E-state index contributed by atoms with van der Waals surface area (Å²) < 4.78 is 13.1. The van der Waals surface area contributed by atoms with E-state index in [4.69, 9.17) is 9.47 Å². The van der Waals surface area contributed by atoms with Gasteiger partial charge in [-0.3, -0.25) is 4.79 Å². The smallest absolute Gasteiger partial charge is 0.248 e. The van der Waals surface area contributed by atoms with Crippen molar-refractivity contribution < 1.29 is 14.3 Å². The van der Waals surface area contributed by atoms with Crippen molar-refractivity contribution in [2.45, 2.75) is 25.4 Å². The minimum Gasteiger partial charge on any atom is -0.481 e. The minimum atomic E-state index is 0.0589. The predicted molar refractivity (Wildman–Crippen MR) is 97.5 cm³/mol. The lowest BCUT2D eigenvalue weighted by Crippen LogP contribution is -2.40. The van der Waals surface area contributed by atoms with Crippen LogP contribution in [0.4, 0.5) is 5.82 Å². The zero-order valence-corrected chi connectivity index (χ0v) is 15.5. The fourth-order valence-electron chi connectivity index (χ4n) is 3.65. The van der Waals surface area contributed by atoms with E-state index >= 15 is 0 Å². The fourth-order valence-corrected chi connectivity index (χ4v) is 3.65. The number of ether oxygens (including phenoxy) is 2. The predicted octanol–water partition coefficient (Wildman–Crippen LogP) is 0.882. The lowest BCUT2D eigenvalue weighted by Gasteiger charge is -2.35. The third-order valence-electron chi connectivity index (χ3n) is 5.08. The molecule has 2 aliphatic heterocycles. The van der Waals surface area contributed by atoms with Gasteiger partial charge in [0.15, 0.2) is 0 Å². The molecule has 9 nitrogen and oxygen atoms in total. The number of rotatable bonds is 6. The van der Waals surface area contributed by atoms with E-state index in [1.165, 1.54) is 6.33 Å². The molecule has 1 atom stereocenters. The summed E-state index contributed by atoms with van der Waals surface area (Å²) in [6.45, 7) is 3.68. The molecule has 0 spiro atoms. The second-order valence-corrected chi connectivity index (χ2v) is 6.85. The Hall–Kier alpha value is -2.68. The van der Waals surface area contributed by atoms with Crippen molar-refractivity contribution in [3.05, 3.63) is 30.6 Å². The molecule has 2 aromatic rings. The molecule has 27 heavy (non-hydrogen) atoms. The molecule has 144 valence electrons. The number of imidazole rings is 1. The number of amides is 1. The van der Waals surface area contributed by atoms with Crippen LogP contribution in [0, 0.1) is 0 Å².